The van der Waals surface area contributed by atoms with Crippen LogP contribution in [-0.2, 0) is 0 Å². The predicted octanol–water partition coefficient (Wildman–Crippen LogP) is 14.4. The van der Waals surface area contributed by atoms with Gasteiger partial charge in [0, 0.05) is 36.9 Å². The maximum atomic E-state index is 9.18. The van der Waals surface area contributed by atoms with E-state index in [0.717, 1.165) is 50.1 Å². The number of thiophene rings is 1. The number of furan rings is 1. The summed E-state index contributed by atoms with van der Waals surface area (Å²) in [5.74, 6) is 0. The highest BCUT2D eigenvalue weighted by atomic mass is 32.1. The third kappa shape index (κ3) is 5.18. The molecule has 0 bridgehead atoms. The average molecular weight is 674 g/mol. The fraction of sp³-hybridized carbons (Fsp3) is 0. The second kappa shape index (κ2) is 12.2. The summed E-state index contributed by atoms with van der Waals surface area (Å²) in [6.07, 6.45) is 0. The third-order valence-electron chi connectivity index (χ3n) is 9.56. The Kier molecular flexibility index (Phi) is 6.09. The minimum Gasteiger partial charge on any atom is -0.456 e. The topological polar surface area (TPSA) is 16.4 Å². The lowest BCUT2D eigenvalue weighted by atomic mass is 9.98. The van der Waals surface area contributed by atoms with Crippen LogP contribution in [-0.4, -0.2) is 0 Å². The van der Waals surface area contributed by atoms with Crippen LogP contribution in [0.25, 0.3) is 75.5 Å². The minimum absolute atomic E-state index is 0.0701. The normalized spacial score (nSPS) is 12.6. The Morgan fingerprint density at radius 3 is 1.80 bits per heavy atom. The molecule has 51 heavy (non-hydrogen) atoms. The molecule has 0 saturated heterocycles. The van der Waals surface area contributed by atoms with E-state index in [0.29, 0.717) is 22.3 Å². The van der Waals surface area contributed by atoms with Gasteiger partial charge in [-0.2, -0.15) is 0 Å². The van der Waals surface area contributed by atoms with Gasteiger partial charge in [0.1, 0.15) is 11.2 Å². The molecule has 10 aromatic rings. The van der Waals surface area contributed by atoms with Crippen LogP contribution in [0.5, 0.6) is 0 Å². The zero-order chi connectivity index (χ0) is 37.2. The highest BCUT2D eigenvalue weighted by molar-refractivity contribution is 7.25. The molecule has 0 aliphatic rings. The van der Waals surface area contributed by atoms with Crippen LogP contribution in [0.3, 0.4) is 0 Å². The molecule has 0 saturated carbocycles. The Morgan fingerprint density at radius 1 is 0.451 bits per heavy atom. The largest absolute Gasteiger partial charge is 0.456 e. The van der Waals surface area contributed by atoms with Crippen molar-refractivity contribution in [3.8, 4) is 33.4 Å². The zero-order valence-electron chi connectivity index (χ0n) is 31.4. The molecule has 8 aromatic carbocycles. The lowest BCUT2D eigenvalue weighted by Crippen LogP contribution is -2.10. The van der Waals surface area contributed by atoms with Crippen molar-refractivity contribution in [1.82, 2.24) is 0 Å². The van der Waals surface area contributed by atoms with Crippen molar-refractivity contribution in [2.45, 2.75) is 0 Å². The second-order valence-electron chi connectivity index (χ2n) is 12.6. The number of fused-ring (bicyclic) bond motifs is 6. The van der Waals surface area contributed by atoms with E-state index in [1.54, 1.807) is 0 Å². The molecule has 10 rings (SSSR count). The van der Waals surface area contributed by atoms with Gasteiger partial charge in [-0.1, -0.05) is 121 Å². The van der Waals surface area contributed by atoms with Gasteiger partial charge in [-0.15, -0.1) is 11.3 Å². The molecular weight excluding hydrogens is 639 g/mol. The summed E-state index contributed by atoms with van der Waals surface area (Å²) < 4.78 is 44.2. The Hall–Kier alpha value is -6.42. The van der Waals surface area contributed by atoms with Crippen LogP contribution in [0.1, 0.15) is 5.48 Å². The summed E-state index contributed by atoms with van der Waals surface area (Å²) in [5.41, 5.74) is 8.68. The van der Waals surface area contributed by atoms with Gasteiger partial charge in [0.25, 0.3) is 0 Å². The maximum Gasteiger partial charge on any atom is 0.137 e. The van der Waals surface area contributed by atoms with E-state index < -0.39 is 0 Å². The Morgan fingerprint density at radius 2 is 1.04 bits per heavy atom. The molecule has 0 amide bonds. The minimum atomic E-state index is -0.194. The number of rotatable bonds is 6. The summed E-state index contributed by atoms with van der Waals surface area (Å²) in [5, 5.41) is 4.56. The Bertz CT molecular complexity index is 3080. The van der Waals surface area contributed by atoms with Gasteiger partial charge in [-0.3, -0.25) is 0 Å². The van der Waals surface area contributed by atoms with Crippen LogP contribution in [0, 0.1) is 0 Å². The molecule has 0 unspecified atom stereocenters. The van der Waals surface area contributed by atoms with E-state index in [-0.39, 0.29) is 24.2 Å². The van der Waals surface area contributed by atoms with Crippen molar-refractivity contribution < 1.29 is 9.90 Å². The van der Waals surface area contributed by atoms with Crippen molar-refractivity contribution in [3.63, 3.8) is 0 Å². The summed E-state index contributed by atoms with van der Waals surface area (Å²) in [4.78, 5) is 2.22. The lowest BCUT2D eigenvalue weighted by Gasteiger charge is -2.26. The van der Waals surface area contributed by atoms with Crippen molar-refractivity contribution in [2.24, 2.45) is 0 Å². The standard InChI is InChI=1S/C48H31NOS/c1-2-10-32(11-3-1)35-12-8-13-36(30-35)33-20-25-38(26-21-33)49(43-16-9-18-45-48(43)41-15-4-6-17-44(41)50-45)39-27-22-34(23-28-39)37-24-29-47-42(31-37)40-14-5-7-19-46(40)51-47/h1-31H/i8D,12D,13D,30D. The van der Waals surface area contributed by atoms with E-state index in [1.807, 2.05) is 96.3 Å². The monoisotopic (exact) mass is 673 g/mol. The first kappa shape index (κ1) is 25.5. The van der Waals surface area contributed by atoms with Gasteiger partial charge in [0.2, 0.25) is 0 Å². The second-order valence-corrected chi connectivity index (χ2v) is 13.7. The molecule has 2 heterocycles. The van der Waals surface area contributed by atoms with Crippen molar-refractivity contribution >= 4 is 70.5 Å². The van der Waals surface area contributed by atoms with E-state index in [2.05, 4.69) is 83.8 Å². The zero-order valence-corrected chi connectivity index (χ0v) is 28.2. The molecule has 3 heteroatoms. The molecular formula is C48H31NOS. The van der Waals surface area contributed by atoms with Gasteiger partial charge in [-0.25, -0.2) is 0 Å². The fourth-order valence-electron chi connectivity index (χ4n) is 7.09. The van der Waals surface area contributed by atoms with Crippen molar-refractivity contribution in [2.75, 3.05) is 4.90 Å². The van der Waals surface area contributed by atoms with Crippen molar-refractivity contribution in [1.29, 1.82) is 0 Å². The molecule has 0 N–H and O–H groups in total. The third-order valence-corrected chi connectivity index (χ3v) is 10.7. The van der Waals surface area contributed by atoms with Crippen molar-refractivity contribution in [3.05, 3.63) is 188 Å². The molecule has 240 valence electrons. The summed E-state index contributed by atoms with van der Waals surface area (Å²) in [7, 11) is 0. The van der Waals surface area contributed by atoms with Gasteiger partial charge in [0.15, 0.2) is 0 Å². The van der Waals surface area contributed by atoms with Crippen LogP contribution < -0.4 is 4.90 Å². The van der Waals surface area contributed by atoms with Crippen LogP contribution in [0.15, 0.2) is 192 Å². The van der Waals surface area contributed by atoms with Gasteiger partial charge in [0.05, 0.1) is 16.6 Å². The Labute approximate surface area is 305 Å². The molecule has 0 radical (unpaired) electrons. The predicted molar refractivity (Wildman–Crippen MR) is 218 cm³/mol. The number of para-hydroxylation sites is 1. The molecule has 0 fully saturated rings. The smallest absolute Gasteiger partial charge is 0.137 e. The summed E-state index contributed by atoms with van der Waals surface area (Å²) in [6, 6.07) is 54.8. The first-order valence-corrected chi connectivity index (χ1v) is 17.7. The highest BCUT2D eigenvalue weighted by Crippen LogP contribution is 2.44. The van der Waals surface area contributed by atoms with E-state index in [9.17, 15) is 1.37 Å². The SMILES string of the molecule is [2H]c1c([2H])c(-c2ccccc2)c([2H])c(-c2ccc(N(c3ccc(-c4ccc5sc6ccccc6c5c4)cc3)c3cccc4oc5ccccc5c34)cc2)c1[2H]. The first-order chi connectivity index (χ1) is 26.9. The van der Waals surface area contributed by atoms with Gasteiger partial charge in [-0.05, 0) is 100 Å². The molecule has 0 atom stereocenters. The van der Waals surface area contributed by atoms with E-state index >= 15 is 0 Å². The number of nitrogens with zero attached hydrogens (tertiary/aromatic N) is 1. The van der Waals surface area contributed by atoms with Crippen LogP contribution in [0.2, 0.25) is 0 Å². The van der Waals surface area contributed by atoms with E-state index in [1.165, 1.54) is 20.2 Å². The van der Waals surface area contributed by atoms with Gasteiger partial charge < -0.3 is 9.32 Å². The maximum absolute atomic E-state index is 9.18. The van der Waals surface area contributed by atoms with Crippen LogP contribution >= 0.6 is 11.3 Å². The first-order valence-electron chi connectivity index (χ1n) is 18.9. The van der Waals surface area contributed by atoms with Gasteiger partial charge >= 0.3 is 0 Å². The highest BCUT2D eigenvalue weighted by Gasteiger charge is 2.19. The number of benzene rings is 8. The number of anilines is 3. The van der Waals surface area contributed by atoms with E-state index in [4.69, 9.17) is 8.53 Å². The average Bonchev–Trinajstić information content (AvgIpc) is 3.80. The molecule has 0 aliphatic carbocycles. The quantitative estimate of drug-likeness (QED) is 0.175. The summed E-state index contributed by atoms with van der Waals surface area (Å²) >= 11 is 1.82. The Balaban J connectivity index is 1.11. The lowest BCUT2D eigenvalue weighted by molar-refractivity contribution is 0.669. The number of hydrogen-bond donors (Lipinski definition) is 0. The number of hydrogen-bond acceptors (Lipinski definition) is 3. The molecule has 0 spiro atoms. The molecule has 2 nitrogen and oxygen atoms in total. The molecule has 0 aliphatic heterocycles. The fourth-order valence-corrected chi connectivity index (χ4v) is 8.18. The van der Waals surface area contributed by atoms with Crippen LogP contribution in [0.4, 0.5) is 17.1 Å². The molecule has 2 aromatic heterocycles. The summed E-state index contributed by atoms with van der Waals surface area (Å²) in [6.45, 7) is 0.